The molecule has 2 heterocycles. The van der Waals surface area contributed by atoms with Gasteiger partial charge in [-0.15, -0.1) is 11.3 Å². The average molecular weight is 577 g/mol. The number of amides is 2. The minimum Gasteiger partial charge on any atom is -0.475 e. The van der Waals surface area contributed by atoms with Crippen LogP contribution in [-0.4, -0.2) is 67.2 Å². The summed E-state index contributed by atoms with van der Waals surface area (Å²) < 4.78 is 31.7. The van der Waals surface area contributed by atoms with Gasteiger partial charge in [-0.05, 0) is 58.8 Å². The van der Waals surface area contributed by atoms with Gasteiger partial charge in [0, 0.05) is 58.1 Å². The second-order valence-electron chi connectivity index (χ2n) is 9.52. The predicted molar refractivity (Wildman–Crippen MR) is 150 cm³/mol. The lowest BCUT2D eigenvalue weighted by molar-refractivity contribution is -0.192. The minimum absolute atomic E-state index is 0.00247. The van der Waals surface area contributed by atoms with Gasteiger partial charge in [0.05, 0.1) is 4.88 Å². The van der Waals surface area contributed by atoms with E-state index in [0.29, 0.717) is 0 Å². The zero-order chi connectivity index (χ0) is 29.4. The molecule has 1 unspecified atom stereocenters. The van der Waals surface area contributed by atoms with Crippen molar-refractivity contribution < 1.29 is 32.7 Å². The summed E-state index contributed by atoms with van der Waals surface area (Å²) in [6, 6.07) is 18.4. The largest absolute Gasteiger partial charge is 0.490 e. The predicted octanol–water partition coefficient (Wildman–Crippen LogP) is 5.08. The highest BCUT2D eigenvalue weighted by Crippen LogP contribution is 2.27. The van der Waals surface area contributed by atoms with Crippen LogP contribution in [0.5, 0.6) is 0 Å². The molecule has 8 nitrogen and oxygen atoms in total. The molecule has 40 heavy (non-hydrogen) atoms. The van der Waals surface area contributed by atoms with Crippen LogP contribution in [-0.2, 0) is 16.1 Å². The Kier molecular flexibility index (Phi) is 10.3. The molecule has 0 aliphatic carbocycles. The number of likely N-dealkylation sites (tertiary alicyclic amines) is 1. The van der Waals surface area contributed by atoms with Crippen molar-refractivity contribution in [2.75, 3.05) is 37.4 Å². The zero-order valence-corrected chi connectivity index (χ0v) is 23.1. The Morgan fingerprint density at radius 3 is 2.23 bits per heavy atom. The van der Waals surface area contributed by atoms with Crippen molar-refractivity contribution in [2.45, 2.75) is 32.1 Å². The molecule has 1 aromatic heterocycles. The van der Waals surface area contributed by atoms with Crippen molar-refractivity contribution >= 4 is 40.5 Å². The van der Waals surface area contributed by atoms with Gasteiger partial charge in [0.2, 0.25) is 5.91 Å². The number of carboxylic acids is 1. The topological polar surface area (TPSA) is 102 Å². The number of hydrogen-bond donors (Lipinski definition) is 3. The van der Waals surface area contributed by atoms with Crippen LogP contribution in [0, 0.1) is 0 Å². The molecule has 3 aromatic rings. The summed E-state index contributed by atoms with van der Waals surface area (Å²) in [5.74, 6) is -2.82. The number of carboxylic acid groups (broad SMARTS) is 1. The van der Waals surface area contributed by atoms with Gasteiger partial charge in [-0.1, -0.05) is 24.3 Å². The summed E-state index contributed by atoms with van der Waals surface area (Å²) >= 11 is 1.49. The number of rotatable bonds is 7. The van der Waals surface area contributed by atoms with Crippen molar-refractivity contribution in [3.63, 3.8) is 0 Å². The normalized spacial score (nSPS) is 15.1. The Bertz CT molecular complexity index is 1310. The lowest BCUT2D eigenvalue weighted by atomic mass is 10.1. The molecule has 214 valence electrons. The Balaban J connectivity index is 0.000000559. The van der Waals surface area contributed by atoms with Crippen LogP contribution in [0.1, 0.15) is 28.6 Å². The molecule has 12 heteroatoms. The maximum absolute atomic E-state index is 12.8. The first-order chi connectivity index (χ1) is 18.8. The molecule has 1 aliphatic heterocycles. The van der Waals surface area contributed by atoms with E-state index >= 15 is 0 Å². The maximum Gasteiger partial charge on any atom is 0.490 e. The van der Waals surface area contributed by atoms with Gasteiger partial charge in [0.1, 0.15) is 0 Å². The van der Waals surface area contributed by atoms with Gasteiger partial charge in [0.15, 0.2) is 0 Å². The molecule has 0 radical (unpaired) electrons. The molecule has 0 saturated carbocycles. The smallest absolute Gasteiger partial charge is 0.475 e. The van der Waals surface area contributed by atoms with Crippen LogP contribution in [0.3, 0.4) is 0 Å². The van der Waals surface area contributed by atoms with Crippen molar-refractivity contribution in [2.24, 2.45) is 0 Å². The van der Waals surface area contributed by atoms with Gasteiger partial charge in [-0.25, -0.2) is 4.79 Å². The summed E-state index contributed by atoms with van der Waals surface area (Å²) in [5, 5.41) is 15.2. The Labute approximate surface area is 234 Å². The van der Waals surface area contributed by atoms with E-state index in [1.165, 1.54) is 23.8 Å². The van der Waals surface area contributed by atoms with Crippen molar-refractivity contribution in [1.29, 1.82) is 0 Å². The van der Waals surface area contributed by atoms with E-state index in [0.717, 1.165) is 53.4 Å². The molecule has 1 aliphatic rings. The first-order valence-corrected chi connectivity index (χ1v) is 13.3. The summed E-state index contributed by atoms with van der Waals surface area (Å²) in [6.07, 6.45) is -4.14. The highest BCUT2D eigenvalue weighted by atomic mass is 32.1. The molecular formula is C28H31F3N4O4S. The standard InChI is InChI=1S/C26H30N4O2S.C2HF3O2/c1-18(31)27-22-8-4-19(5-9-22)15-30-13-12-23(16-30)28-26(32)25-14-21(17-33-25)20-6-10-24(11-7-20)29(2)3;3-2(4,5)1(6)7/h4-11,14,17,23H,12-13,15-16H2,1-3H3,(H,27,31)(H,28,32);(H,6,7). The highest BCUT2D eigenvalue weighted by Gasteiger charge is 2.38. The number of thiophene rings is 1. The fourth-order valence-corrected chi connectivity index (χ4v) is 4.88. The first-order valence-electron chi connectivity index (χ1n) is 12.4. The van der Waals surface area contributed by atoms with E-state index in [2.05, 4.69) is 44.7 Å². The average Bonchev–Trinajstić information content (AvgIpc) is 3.55. The third kappa shape index (κ3) is 9.09. The quantitative estimate of drug-likeness (QED) is 0.363. The van der Waals surface area contributed by atoms with Crippen LogP contribution in [0.25, 0.3) is 11.1 Å². The fourth-order valence-electron chi connectivity index (χ4n) is 4.06. The number of alkyl halides is 3. The van der Waals surface area contributed by atoms with E-state index < -0.39 is 12.1 Å². The third-order valence-electron chi connectivity index (χ3n) is 6.07. The monoisotopic (exact) mass is 576 g/mol. The zero-order valence-electron chi connectivity index (χ0n) is 22.3. The number of benzene rings is 2. The SMILES string of the molecule is CC(=O)Nc1ccc(CN2CCC(NC(=O)c3cc(-c4ccc(N(C)C)cc4)cs3)C2)cc1.O=C(O)C(F)(F)F. The summed E-state index contributed by atoms with van der Waals surface area (Å²) in [7, 11) is 4.05. The number of nitrogens with one attached hydrogen (secondary N) is 2. The van der Waals surface area contributed by atoms with Crippen LogP contribution >= 0.6 is 11.3 Å². The van der Waals surface area contributed by atoms with Crippen LogP contribution in [0.15, 0.2) is 60.0 Å². The van der Waals surface area contributed by atoms with Crippen molar-refractivity contribution in [3.05, 3.63) is 70.4 Å². The van der Waals surface area contributed by atoms with Crippen LogP contribution in [0.2, 0.25) is 0 Å². The molecule has 0 bridgehead atoms. The molecule has 1 saturated heterocycles. The number of hydrogen-bond acceptors (Lipinski definition) is 6. The molecule has 1 fully saturated rings. The maximum atomic E-state index is 12.8. The van der Waals surface area contributed by atoms with Crippen molar-refractivity contribution in [3.8, 4) is 11.1 Å². The van der Waals surface area contributed by atoms with Gasteiger partial charge in [-0.3, -0.25) is 14.5 Å². The first kappa shape index (κ1) is 30.6. The number of anilines is 2. The Morgan fingerprint density at radius 2 is 1.68 bits per heavy atom. The second kappa shape index (κ2) is 13.4. The molecule has 2 aromatic carbocycles. The van der Waals surface area contributed by atoms with Crippen molar-refractivity contribution in [1.82, 2.24) is 10.2 Å². The van der Waals surface area contributed by atoms with Crippen LogP contribution < -0.4 is 15.5 Å². The number of aliphatic carboxylic acids is 1. The van der Waals surface area contributed by atoms with Crippen LogP contribution in [0.4, 0.5) is 24.5 Å². The molecule has 2 amide bonds. The second-order valence-corrected chi connectivity index (χ2v) is 10.4. The van der Waals surface area contributed by atoms with E-state index in [1.807, 2.05) is 49.8 Å². The van der Waals surface area contributed by atoms with Gasteiger partial charge < -0.3 is 20.6 Å². The Hall–Kier alpha value is -3.90. The molecule has 1 atom stereocenters. The van der Waals surface area contributed by atoms with Gasteiger partial charge >= 0.3 is 12.1 Å². The highest BCUT2D eigenvalue weighted by molar-refractivity contribution is 7.12. The van der Waals surface area contributed by atoms with E-state index in [4.69, 9.17) is 9.90 Å². The number of nitrogens with zero attached hydrogens (tertiary/aromatic N) is 2. The lowest BCUT2D eigenvalue weighted by Crippen LogP contribution is -2.36. The third-order valence-corrected chi connectivity index (χ3v) is 7.00. The molecule has 0 spiro atoms. The molecular weight excluding hydrogens is 545 g/mol. The molecule has 4 rings (SSSR count). The Morgan fingerprint density at radius 1 is 1.05 bits per heavy atom. The lowest BCUT2D eigenvalue weighted by Gasteiger charge is -2.17. The fraction of sp³-hybridized carbons (Fsp3) is 0.321. The summed E-state index contributed by atoms with van der Waals surface area (Å²) in [5.41, 5.74) is 5.35. The minimum atomic E-state index is -5.08. The van der Waals surface area contributed by atoms with E-state index in [1.54, 1.807) is 0 Å². The summed E-state index contributed by atoms with van der Waals surface area (Å²) in [6.45, 7) is 4.13. The van der Waals surface area contributed by atoms with E-state index in [-0.39, 0.29) is 17.9 Å². The number of carbonyl (C=O) groups excluding carboxylic acids is 2. The van der Waals surface area contributed by atoms with Gasteiger partial charge in [0.25, 0.3) is 5.91 Å². The number of carbonyl (C=O) groups is 3. The number of halogens is 3. The van der Waals surface area contributed by atoms with Gasteiger partial charge in [-0.2, -0.15) is 13.2 Å². The molecule has 3 N–H and O–H groups in total. The van der Waals surface area contributed by atoms with E-state index in [9.17, 15) is 22.8 Å². The summed E-state index contributed by atoms with van der Waals surface area (Å²) in [4.78, 5) is 38.0.